The second kappa shape index (κ2) is 6.90. The van der Waals surface area contributed by atoms with E-state index in [0.29, 0.717) is 30.5 Å². The van der Waals surface area contributed by atoms with Crippen molar-refractivity contribution in [3.05, 3.63) is 29.0 Å². The minimum absolute atomic E-state index is 0.0895. The molecule has 110 valence electrons. The first-order valence-electron chi connectivity index (χ1n) is 6.84. The molecular formula is C14H19ClN2O3. The van der Waals surface area contributed by atoms with E-state index in [9.17, 15) is 9.90 Å². The fourth-order valence-electron chi connectivity index (χ4n) is 2.44. The van der Waals surface area contributed by atoms with Crippen molar-refractivity contribution in [1.82, 2.24) is 9.88 Å². The van der Waals surface area contributed by atoms with Crippen molar-refractivity contribution in [2.45, 2.75) is 25.9 Å². The molecule has 0 unspecified atom stereocenters. The molecule has 20 heavy (non-hydrogen) atoms. The van der Waals surface area contributed by atoms with Crippen LogP contribution in [0.1, 0.15) is 31.6 Å². The molecule has 2 rings (SSSR count). The third kappa shape index (κ3) is 3.61. The summed E-state index contributed by atoms with van der Waals surface area (Å²) in [7, 11) is 0. The van der Waals surface area contributed by atoms with Gasteiger partial charge in [-0.3, -0.25) is 0 Å². The monoisotopic (exact) mass is 298 g/mol. The van der Waals surface area contributed by atoms with E-state index in [1.165, 1.54) is 0 Å². The number of aromatic nitrogens is 1. The first-order chi connectivity index (χ1) is 9.61. The largest absolute Gasteiger partial charge is 0.450 e. The fraction of sp³-hybridized carbons (Fsp3) is 0.571. The zero-order valence-electron chi connectivity index (χ0n) is 11.5. The lowest BCUT2D eigenvalue weighted by Crippen LogP contribution is -2.40. The Morgan fingerprint density at radius 1 is 1.55 bits per heavy atom. The SMILES string of the molecule is CCOC(=O)N1CCC([C@H](O)c2cccc(Cl)n2)CC1. The lowest BCUT2D eigenvalue weighted by atomic mass is 9.89. The second-order valence-electron chi connectivity index (χ2n) is 4.85. The van der Waals surface area contributed by atoms with Gasteiger partial charge in [0.25, 0.3) is 0 Å². The van der Waals surface area contributed by atoms with Crippen molar-refractivity contribution >= 4 is 17.7 Å². The molecule has 1 fully saturated rings. The van der Waals surface area contributed by atoms with E-state index in [1.807, 2.05) is 0 Å². The number of likely N-dealkylation sites (tertiary alicyclic amines) is 1. The highest BCUT2D eigenvalue weighted by Gasteiger charge is 2.29. The molecule has 0 aromatic carbocycles. The van der Waals surface area contributed by atoms with Crippen LogP contribution in [0.4, 0.5) is 4.79 Å². The number of carbonyl (C=O) groups is 1. The van der Waals surface area contributed by atoms with Gasteiger partial charge in [0, 0.05) is 13.1 Å². The highest BCUT2D eigenvalue weighted by atomic mass is 35.5. The van der Waals surface area contributed by atoms with Crippen molar-refractivity contribution in [3.63, 3.8) is 0 Å². The van der Waals surface area contributed by atoms with Crippen molar-refractivity contribution in [2.24, 2.45) is 5.92 Å². The standard InChI is InChI=1S/C14H19ClN2O3/c1-2-20-14(19)17-8-6-10(7-9-17)13(18)11-4-3-5-12(15)16-11/h3-5,10,13,18H,2,6-9H2,1H3/t13-/m0/s1. The normalized spacial score (nSPS) is 17.9. The molecule has 5 nitrogen and oxygen atoms in total. The van der Waals surface area contributed by atoms with Gasteiger partial charge in [0.1, 0.15) is 5.15 Å². The van der Waals surface area contributed by atoms with Crippen LogP contribution in [-0.2, 0) is 4.74 Å². The van der Waals surface area contributed by atoms with Gasteiger partial charge in [-0.1, -0.05) is 17.7 Å². The number of aliphatic hydroxyl groups excluding tert-OH is 1. The Kier molecular flexibility index (Phi) is 5.20. The molecule has 0 aliphatic carbocycles. The summed E-state index contributed by atoms with van der Waals surface area (Å²) >= 11 is 5.84. The maximum atomic E-state index is 11.6. The van der Waals surface area contributed by atoms with Gasteiger partial charge in [0.2, 0.25) is 0 Å². The maximum Gasteiger partial charge on any atom is 0.409 e. The average Bonchev–Trinajstić information content (AvgIpc) is 2.47. The molecule has 1 atom stereocenters. The number of aliphatic hydroxyl groups is 1. The van der Waals surface area contributed by atoms with Crippen LogP contribution in [0.3, 0.4) is 0 Å². The molecule has 1 aromatic rings. The number of halogens is 1. The summed E-state index contributed by atoms with van der Waals surface area (Å²) in [5.74, 6) is 0.0895. The molecule has 1 aliphatic rings. The summed E-state index contributed by atoms with van der Waals surface area (Å²) < 4.78 is 4.97. The van der Waals surface area contributed by atoms with Crippen molar-refractivity contribution in [2.75, 3.05) is 19.7 Å². The van der Waals surface area contributed by atoms with Gasteiger partial charge in [-0.2, -0.15) is 0 Å². The topological polar surface area (TPSA) is 62.7 Å². The van der Waals surface area contributed by atoms with E-state index in [0.717, 1.165) is 12.8 Å². The Bertz CT molecular complexity index is 461. The molecule has 0 spiro atoms. The van der Waals surface area contributed by atoms with Crippen LogP contribution < -0.4 is 0 Å². The van der Waals surface area contributed by atoms with Crippen LogP contribution in [0.15, 0.2) is 18.2 Å². The number of pyridine rings is 1. The number of rotatable bonds is 3. The van der Waals surface area contributed by atoms with Crippen LogP contribution >= 0.6 is 11.6 Å². The maximum absolute atomic E-state index is 11.6. The minimum Gasteiger partial charge on any atom is -0.450 e. The number of piperidine rings is 1. The van der Waals surface area contributed by atoms with Gasteiger partial charge in [-0.15, -0.1) is 0 Å². The van der Waals surface area contributed by atoms with Gasteiger partial charge < -0.3 is 14.7 Å². The summed E-state index contributed by atoms with van der Waals surface area (Å²) in [6.45, 7) is 3.37. The van der Waals surface area contributed by atoms with E-state index < -0.39 is 6.10 Å². The quantitative estimate of drug-likeness (QED) is 0.871. The lowest BCUT2D eigenvalue weighted by molar-refractivity contribution is 0.0465. The van der Waals surface area contributed by atoms with Crippen LogP contribution in [-0.4, -0.2) is 40.8 Å². The third-order valence-electron chi connectivity index (χ3n) is 3.55. The second-order valence-corrected chi connectivity index (χ2v) is 5.24. The molecule has 1 amide bonds. The molecule has 1 saturated heterocycles. The zero-order valence-corrected chi connectivity index (χ0v) is 12.2. The van der Waals surface area contributed by atoms with E-state index in [2.05, 4.69) is 4.98 Å². The number of ether oxygens (including phenoxy) is 1. The van der Waals surface area contributed by atoms with Gasteiger partial charge in [-0.25, -0.2) is 9.78 Å². The molecule has 0 bridgehead atoms. The van der Waals surface area contributed by atoms with E-state index >= 15 is 0 Å². The van der Waals surface area contributed by atoms with E-state index in [1.54, 1.807) is 30.0 Å². The Hall–Kier alpha value is -1.33. The van der Waals surface area contributed by atoms with Crippen LogP contribution in [0.5, 0.6) is 0 Å². The molecule has 0 saturated carbocycles. The van der Waals surface area contributed by atoms with Crippen molar-refractivity contribution in [1.29, 1.82) is 0 Å². The molecule has 6 heteroatoms. The van der Waals surface area contributed by atoms with Crippen molar-refractivity contribution in [3.8, 4) is 0 Å². The third-order valence-corrected chi connectivity index (χ3v) is 3.76. The molecule has 1 aliphatic heterocycles. The van der Waals surface area contributed by atoms with Crippen LogP contribution in [0.2, 0.25) is 5.15 Å². The highest BCUT2D eigenvalue weighted by molar-refractivity contribution is 6.29. The van der Waals surface area contributed by atoms with E-state index in [-0.39, 0.29) is 12.0 Å². The number of hydrogen-bond donors (Lipinski definition) is 1. The van der Waals surface area contributed by atoms with Gasteiger partial charge >= 0.3 is 6.09 Å². The lowest BCUT2D eigenvalue weighted by Gasteiger charge is -2.33. The van der Waals surface area contributed by atoms with Crippen LogP contribution in [0.25, 0.3) is 0 Å². The number of hydrogen-bond acceptors (Lipinski definition) is 4. The predicted octanol–water partition coefficient (Wildman–Crippen LogP) is 2.64. The Labute approximate surface area is 123 Å². The first-order valence-corrected chi connectivity index (χ1v) is 7.21. The molecule has 1 N–H and O–H groups in total. The molecule has 0 radical (unpaired) electrons. The van der Waals surface area contributed by atoms with Gasteiger partial charge in [0.15, 0.2) is 0 Å². The summed E-state index contributed by atoms with van der Waals surface area (Å²) in [6, 6.07) is 5.23. The smallest absolute Gasteiger partial charge is 0.409 e. The molecular weight excluding hydrogens is 280 g/mol. The first kappa shape index (κ1) is 15.1. The summed E-state index contributed by atoms with van der Waals surface area (Å²) in [5, 5.41) is 10.7. The number of carbonyl (C=O) groups excluding carboxylic acids is 1. The minimum atomic E-state index is -0.641. The number of nitrogens with zero attached hydrogens (tertiary/aromatic N) is 2. The van der Waals surface area contributed by atoms with Crippen LogP contribution in [0, 0.1) is 5.92 Å². The summed E-state index contributed by atoms with van der Waals surface area (Å²) in [6.07, 6.45) is 0.543. The van der Waals surface area contributed by atoms with Gasteiger partial charge in [0.05, 0.1) is 18.4 Å². The predicted molar refractivity (Wildman–Crippen MR) is 75.5 cm³/mol. The average molecular weight is 299 g/mol. The fourth-order valence-corrected chi connectivity index (χ4v) is 2.61. The molecule has 2 heterocycles. The Morgan fingerprint density at radius 3 is 2.85 bits per heavy atom. The number of amides is 1. The Balaban J connectivity index is 1.92. The van der Waals surface area contributed by atoms with Gasteiger partial charge in [-0.05, 0) is 37.8 Å². The van der Waals surface area contributed by atoms with Crippen molar-refractivity contribution < 1.29 is 14.6 Å². The molecule has 1 aromatic heterocycles. The zero-order chi connectivity index (χ0) is 14.5. The highest BCUT2D eigenvalue weighted by Crippen LogP contribution is 2.30. The summed E-state index contributed by atoms with van der Waals surface area (Å²) in [5.41, 5.74) is 0.590. The summed E-state index contributed by atoms with van der Waals surface area (Å²) in [4.78, 5) is 17.4. The van der Waals surface area contributed by atoms with E-state index in [4.69, 9.17) is 16.3 Å². The Morgan fingerprint density at radius 2 is 2.25 bits per heavy atom.